The van der Waals surface area contributed by atoms with E-state index in [-0.39, 0.29) is 11.8 Å². The maximum atomic E-state index is 11.5. The van der Waals surface area contributed by atoms with Crippen molar-refractivity contribution in [3.63, 3.8) is 0 Å². The normalized spacial score (nSPS) is 16.5. The molecule has 6 heteroatoms. The summed E-state index contributed by atoms with van der Waals surface area (Å²) in [6.07, 6.45) is 0. The number of carbonyl (C=O) groups is 1. The number of esters is 1. The van der Waals surface area contributed by atoms with Gasteiger partial charge in [-0.2, -0.15) is 0 Å². The number of furan rings is 1. The van der Waals surface area contributed by atoms with Crippen molar-refractivity contribution in [3.05, 3.63) is 47.9 Å². The summed E-state index contributed by atoms with van der Waals surface area (Å²) in [5.74, 6) is 1.49. The maximum Gasteiger partial charge on any atom is 0.373 e. The molecule has 1 aromatic heterocycles. The average molecular weight is 344 g/mol. The van der Waals surface area contributed by atoms with Gasteiger partial charge in [-0.15, -0.1) is 0 Å². The number of nitrogens with zero attached hydrogens (tertiary/aromatic N) is 2. The second-order valence-electron chi connectivity index (χ2n) is 6.06. The Morgan fingerprint density at radius 3 is 2.48 bits per heavy atom. The fourth-order valence-electron chi connectivity index (χ4n) is 3.21. The highest BCUT2D eigenvalue weighted by atomic mass is 16.5. The molecule has 0 radical (unpaired) electrons. The van der Waals surface area contributed by atoms with Gasteiger partial charge in [-0.1, -0.05) is 12.1 Å². The molecule has 1 aliphatic heterocycles. The third kappa shape index (κ3) is 3.64. The van der Waals surface area contributed by atoms with E-state index in [4.69, 9.17) is 13.9 Å². The number of piperazine rings is 1. The van der Waals surface area contributed by atoms with Gasteiger partial charge in [-0.3, -0.25) is 4.90 Å². The molecule has 134 valence electrons. The van der Waals surface area contributed by atoms with Crippen molar-refractivity contribution < 1.29 is 18.7 Å². The van der Waals surface area contributed by atoms with E-state index in [2.05, 4.69) is 22.8 Å². The highest BCUT2D eigenvalue weighted by Gasteiger charge is 2.26. The number of ether oxygens (including phenoxy) is 2. The topological polar surface area (TPSA) is 55.2 Å². The molecule has 0 amide bonds. The largest absolute Gasteiger partial charge is 0.495 e. The summed E-state index contributed by atoms with van der Waals surface area (Å²) in [4.78, 5) is 16.2. The highest BCUT2D eigenvalue weighted by Crippen LogP contribution is 2.30. The minimum Gasteiger partial charge on any atom is -0.495 e. The van der Waals surface area contributed by atoms with Gasteiger partial charge in [0.15, 0.2) is 0 Å². The Bertz CT molecular complexity index is 720. The molecular formula is C19H24N2O4. The lowest BCUT2D eigenvalue weighted by Crippen LogP contribution is -2.47. The Hall–Kier alpha value is -2.47. The SMILES string of the molecule is COC(=O)c1ccc([C@H](C)N2CCN(c3ccccc3OC)CC2)o1. The molecule has 1 aliphatic rings. The number of anilines is 1. The number of methoxy groups -OCH3 is 2. The Morgan fingerprint density at radius 1 is 1.08 bits per heavy atom. The van der Waals surface area contributed by atoms with E-state index < -0.39 is 5.97 Å². The number of rotatable bonds is 5. The lowest BCUT2D eigenvalue weighted by Gasteiger charge is -2.38. The number of benzene rings is 1. The zero-order chi connectivity index (χ0) is 17.8. The Labute approximate surface area is 147 Å². The number of carbonyl (C=O) groups excluding carboxylic acids is 1. The van der Waals surface area contributed by atoms with E-state index in [1.165, 1.54) is 7.11 Å². The summed E-state index contributed by atoms with van der Waals surface area (Å²) in [7, 11) is 3.05. The van der Waals surface area contributed by atoms with Crippen LogP contribution >= 0.6 is 0 Å². The van der Waals surface area contributed by atoms with Crippen LogP contribution in [-0.2, 0) is 4.74 Å². The van der Waals surface area contributed by atoms with E-state index in [0.29, 0.717) is 0 Å². The van der Waals surface area contributed by atoms with Crippen LogP contribution in [0.25, 0.3) is 0 Å². The summed E-state index contributed by atoms with van der Waals surface area (Å²) in [5.41, 5.74) is 1.13. The van der Waals surface area contributed by atoms with Crippen LogP contribution in [-0.4, -0.2) is 51.3 Å². The number of hydrogen-bond acceptors (Lipinski definition) is 6. The number of hydrogen-bond donors (Lipinski definition) is 0. The Kier molecular flexibility index (Phi) is 5.28. The third-order valence-corrected chi connectivity index (χ3v) is 4.71. The lowest BCUT2D eigenvalue weighted by atomic mass is 10.1. The molecule has 0 bridgehead atoms. The molecule has 1 fully saturated rings. The zero-order valence-corrected chi connectivity index (χ0v) is 14.9. The van der Waals surface area contributed by atoms with Crippen LogP contribution in [0.4, 0.5) is 5.69 Å². The van der Waals surface area contributed by atoms with Gasteiger partial charge in [-0.25, -0.2) is 4.79 Å². The van der Waals surface area contributed by atoms with Gasteiger partial charge in [0.2, 0.25) is 5.76 Å². The first kappa shape index (κ1) is 17.4. The van der Waals surface area contributed by atoms with Crippen LogP contribution in [0.3, 0.4) is 0 Å². The van der Waals surface area contributed by atoms with Crippen molar-refractivity contribution in [1.82, 2.24) is 4.90 Å². The van der Waals surface area contributed by atoms with Gasteiger partial charge in [0, 0.05) is 26.2 Å². The molecule has 0 saturated carbocycles. The van der Waals surface area contributed by atoms with Crippen molar-refractivity contribution in [2.24, 2.45) is 0 Å². The molecule has 1 aromatic carbocycles. The van der Waals surface area contributed by atoms with E-state index in [9.17, 15) is 4.79 Å². The minimum absolute atomic E-state index is 0.109. The summed E-state index contributed by atoms with van der Waals surface area (Å²) < 4.78 is 15.8. The molecule has 0 N–H and O–H groups in total. The van der Waals surface area contributed by atoms with Gasteiger partial charge in [0.1, 0.15) is 11.5 Å². The predicted octanol–water partition coefficient (Wildman–Crippen LogP) is 2.96. The quantitative estimate of drug-likeness (QED) is 0.778. The summed E-state index contributed by atoms with van der Waals surface area (Å²) in [6.45, 7) is 5.74. The second-order valence-corrected chi connectivity index (χ2v) is 6.06. The molecule has 0 spiro atoms. The first-order chi connectivity index (χ1) is 12.1. The first-order valence-corrected chi connectivity index (χ1v) is 8.44. The van der Waals surface area contributed by atoms with Gasteiger partial charge in [-0.05, 0) is 31.2 Å². The molecule has 2 aromatic rings. The third-order valence-electron chi connectivity index (χ3n) is 4.71. The smallest absolute Gasteiger partial charge is 0.373 e. The van der Waals surface area contributed by atoms with Crippen LogP contribution in [0.2, 0.25) is 0 Å². The minimum atomic E-state index is -0.445. The van der Waals surface area contributed by atoms with Crippen molar-refractivity contribution in [3.8, 4) is 5.75 Å². The molecule has 0 unspecified atom stereocenters. The second kappa shape index (κ2) is 7.61. The van der Waals surface area contributed by atoms with Crippen LogP contribution in [0.1, 0.15) is 29.3 Å². The van der Waals surface area contributed by atoms with Crippen molar-refractivity contribution in [2.45, 2.75) is 13.0 Å². The average Bonchev–Trinajstić information content (AvgIpc) is 3.17. The van der Waals surface area contributed by atoms with Gasteiger partial charge in [0.25, 0.3) is 0 Å². The van der Waals surface area contributed by atoms with Crippen molar-refractivity contribution >= 4 is 11.7 Å². The molecule has 2 heterocycles. The fraction of sp³-hybridized carbons (Fsp3) is 0.421. The molecule has 25 heavy (non-hydrogen) atoms. The van der Waals surface area contributed by atoms with E-state index in [1.807, 2.05) is 24.3 Å². The van der Waals surface area contributed by atoms with E-state index >= 15 is 0 Å². The van der Waals surface area contributed by atoms with E-state index in [0.717, 1.165) is 43.4 Å². The summed E-state index contributed by atoms with van der Waals surface area (Å²) in [6, 6.07) is 11.7. The molecule has 1 atom stereocenters. The lowest BCUT2D eigenvalue weighted by molar-refractivity contribution is 0.0558. The molecule has 1 saturated heterocycles. The monoisotopic (exact) mass is 344 g/mol. The van der Waals surface area contributed by atoms with E-state index in [1.54, 1.807) is 13.2 Å². The summed E-state index contributed by atoms with van der Waals surface area (Å²) >= 11 is 0. The van der Waals surface area contributed by atoms with Gasteiger partial charge < -0.3 is 18.8 Å². The Morgan fingerprint density at radius 2 is 1.80 bits per heavy atom. The van der Waals surface area contributed by atoms with Crippen molar-refractivity contribution in [2.75, 3.05) is 45.3 Å². The molecule has 6 nitrogen and oxygen atoms in total. The maximum absolute atomic E-state index is 11.5. The van der Waals surface area contributed by atoms with Crippen LogP contribution < -0.4 is 9.64 Å². The van der Waals surface area contributed by atoms with Gasteiger partial charge >= 0.3 is 5.97 Å². The fourth-order valence-corrected chi connectivity index (χ4v) is 3.21. The number of para-hydroxylation sites is 2. The predicted molar refractivity (Wildman–Crippen MR) is 95.2 cm³/mol. The molecular weight excluding hydrogens is 320 g/mol. The highest BCUT2D eigenvalue weighted by molar-refractivity contribution is 5.86. The Balaban J connectivity index is 1.63. The standard InChI is InChI=1S/C19H24N2O4/c1-14(16-8-9-18(25-16)19(22)24-3)20-10-12-21(13-11-20)15-6-4-5-7-17(15)23-2/h4-9,14H,10-13H2,1-3H3/t14-/m0/s1. The first-order valence-electron chi connectivity index (χ1n) is 8.44. The molecule has 0 aliphatic carbocycles. The van der Waals surface area contributed by atoms with Crippen LogP contribution in [0, 0.1) is 0 Å². The van der Waals surface area contributed by atoms with Crippen molar-refractivity contribution in [1.29, 1.82) is 0 Å². The van der Waals surface area contributed by atoms with Crippen LogP contribution in [0.15, 0.2) is 40.8 Å². The summed E-state index contributed by atoms with van der Waals surface area (Å²) in [5, 5.41) is 0. The van der Waals surface area contributed by atoms with Crippen LogP contribution in [0.5, 0.6) is 5.75 Å². The molecule has 3 rings (SSSR count). The van der Waals surface area contributed by atoms with Gasteiger partial charge in [0.05, 0.1) is 25.9 Å². The zero-order valence-electron chi connectivity index (χ0n) is 14.9.